The Bertz CT molecular complexity index is 740. The van der Waals surface area contributed by atoms with Crippen molar-refractivity contribution in [3.05, 3.63) is 65.2 Å². The fourth-order valence-corrected chi connectivity index (χ4v) is 2.58. The van der Waals surface area contributed by atoms with E-state index in [1.807, 2.05) is 31.2 Å². The van der Waals surface area contributed by atoms with E-state index in [9.17, 15) is 9.59 Å². The van der Waals surface area contributed by atoms with Gasteiger partial charge in [0.15, 0.2) is 0 Å². The molecule has 0 bridgehead atoms. The first kappa shape index (κ1) is 19.5. The lowest BCUT2D eigenvalue weighted by Gasteiger charge is -2.17. The molecule has 138 valence electrons. The minimum absolute atomic E-state index is 0.0721. The van der Waals surface area contributed by atoms with Gasteiger partial charge in [0.2, 0.25) is 5.91 Å². The number of aromatic carboxylic acids is 1. The third-order valence-electron chi connectivity index (χ3n) is 4.09. The molecule has 1 N–H and O–H groups in total. The van der Waals surface area contributed by atoms with Crippen molar-refractivity contribution in [1.82, 2.24) is 4.90 Å². The van der Waals surface area contributed by atoms with Gasteiger partial charge in [-0.25, -0.2) is 4.79 Å². The van der Waals surface area contributed by atoms with Gasteiger partial charge in [-0.2, -0.15) is 0 Å². The normalized spacial score (nSPS) is 10.4. The molecule has 2 rings (SSSR count). The van der Waals surface area contributed by atoms with Gasteiger partial charge < -0.3 is 14.7 Å². The molecule has 0 radical (unpaired) electrons. The minimum atomic E-state index is -0.950. The summed E-state index contributed by atoms with van der Waals surface area (Å²) in [5.41, 5.74) is 2.32. The van der Waals surface area contributed by atoms with Crippen LogP contribution < -0.4 is 4.74 Å². The fraction of sp³-hybridized carbons (Fsp3) is 0.333. The maximum Gasteiger partial charge on any atom is 0.335 e. The van der Waals surface area contributed by atoms with Gasteiger partial charge in [-0.1, -0.05) is 24.3 Å². The molecule has 0 spiro atoms. The highest BCUT2D eigenvalue weighted by molar-refractivity contribution is 5.87. The van der Waals surface area contributed by atoms with E-state index in [-0.39, 0.29) is 11.5 Å². The lowest BCUT2D eigenvalue weighted by molar-refractivity contribution is -0.130. The van der Waals surface area contributed by atoms with E-state index in [2.05, 4.69) is 0 Å². The fourth-order valence-electron chi connectivity index (χ4n) is 2.58. The molecule has 0 saturated heterocycles. The Morgan fingerprint density at radius 3 is 2.46 bits per heavy atom. The number of unbranched alkanes of at least 4 members (excludes halogenated alkanes) is 1. The summed E-state index contributed by atoms with van der Waals surface area (Å²) < 4.78 is 5.68. The second kappa shape index (κ2) is 9.61. The number of nitrogens with zero attached hydrogens (tertiary/aromatic N) is 1. The number of amides is 1. The first-order valence-corrected chi connectivity index (χ1v) is 8.71. The van der Waals surface area contributed by atoms with Gasteiger partial charge in [-0.3, -0.25) is 4.79 Å². The van der Waals surface area contributed by atoms with Crippen LogP contribution in [0.4, 0.5) is 0 Å². The van der Waals surface area contributed by atoms with Gasteiger partial charge in [0.05, 0.1) is 12.2 Å². The monoisotopic (exact) mass is 355 g/mol. The quantitative estimate of drug-likeness (QED) is 0.693. The molecular formula is C21H25NO4. The highest BCUT2D eigenvalue weighted by Gasteiger charge is 2.10. The van der Waals surface area contributed by atoms with Crippen molar-refractivity contribution >= 4 is 11.9 Å². The van der Waals surface area contributed by atoms with Crippen molar-refractivity contribution in [2.24, 2.45) is 0 Å². The van der Waals surface area contributed by atoms with Crippen LogP contribution in [0.25, 0.3) is 0 Å². The summed E-state index contributed by atoms with van der Waals surface area (Å²) in [7, 11) is 1.76. The number of carboxylic acids is 1. The van der Waals surface area contributed by atoms with Crippen molar-refractivity contribution in [3.63, 3.8) is 0 Å². The van der Waals surface area contributed by atoms with E-state index in [0.717, 1.165) is 29.7 Å². The predicted octanol–water partition coefficient (Wildman–Crippen LogP) is 3.90. The van der Waals surface area contributed by atoms with Gasteiger partial charge in [0, 0.05) is 20.0 Å². The van der Waals surface area contributed by atoms with Crippen molar-refractivity contribution in [2.75, 3.05) is 13.7 Å². The third kappa shape index (κ3) is 6.24. The van der Waals surface area contributed by atoms with Gasteiger partial charge in [-0.05, 0) is 55.2 Å². The van der Waals surface area contributed by atoms with Gasteiger partial charge in [0.1, 0.15) is 5.75 Å². The summed E-state index contributed by atoms with van der Waals surface area (Å²) in [5, 5.41) is 8.90. The second-order valence-electron chi connectivity index (χ2n) is 6.37. The molecule has 2 aromatic carbocycles. The molecule has 0 atom stereocenters. The van der Waals surface area contributed by atoms with Crippen LogP contribution in [0.2, 0.25) is 0 Å². The zero-order valence-corrected chi connectivity index (χ0v) is 15.3. The Labute approximate surface area is 154 Å². The van der Waals surface area contributed by atoms with Crippen LogP contribution in [0.1, 0.15) is 40.7 Å². The number of hydrogen-bond donors (Lipinski definition) is 1. The molecular weight excluding hydrogens is 330 g/mol. The topological polar surface area (TPSA) is 66.8 Å². The summed E-state index contributed by atoms with van der Waals surface area (Å²) >= 11 is 0. The lowest BCUT2D eigenvalue weighted by atomic mass is 10.1. The molecule has 5 nitrogen and oxygen atoms in total. The third-order valence-corrected chi connectivity index (χ3v) is 4.09. The van der Waals surface area contributed by atoms with Crippen LogP contribution in [0.5, 0.6) is 5.75 Å². The molecule has 0 aliphatic carbocycles. The molecule has 0 aliphatic rings. The van der Waals surface area contributed by atoms with Crippen molar-refractivity contribution < 1.29 is 19.4 Å². The van der Waals surface area contributed by atoms with E-state index in [0.29, 0.717) is 19.6 Å². The van der Waals surface area contributed by atoms with E-state index in [1.165, 1.54) is 0 Å². The molecule has 1 amide bonds. The van der Waals surface area contributed by atoms with E-state index >= 15 is 0 Å². The van der Waals surface area contributed by atoms with E-state index < -0.39 is 5.97 Å². The predicted molar refractivity (Wildman–Crippen MR) is 100 cm³/mol. The SMILES string of the molecule is Cc1cccc(OCCCCC(=O)N(C)Cc2ccc(C(=O)O)cc2)c1. The molecule has 0 fully saturated rings. The molecule has 0 saturated carbocycles. The Balaban J connectivity index is 1.67. The number of benzene rings is 2. The standard InChI is InChI=1S/C21H25NO4/c1-16-6-5-7-19(14-16)26-13-4-3-8-20(23)22(2)15-17-9-11-18(12-10-17)21(24)25/h5-7,9-12,14H,3-4,8,13,15H2,1-2H3,(H,24,25). The number of carbonyl (C=O) groups is 2. The maximum absolute atomic E-state index is 12.2. The average Bonchev–Trinajstić information content (AvgIpc) is 2.61. The van der Waals surface area contributed by atoms with E-state index in [1.54, 1.807) is 36.2 Å². The zero-order chi connectivity index (χ0) is 18.9. The largest absolute Gasteiger partial charge is 0.494 e. The Hall–Kier alpha value is -2.82. The van der Waals surface area contributed by atoms with Crippen LogP contribution in [0, 0.1) is 6.92 Å². The van der Waals surface area contributed by atoms with Gasteiger partial charge >= 0.3 is 5.97 Å². The summed E-state index contributed by atoms with van der Waals surface area (Å²) in [6.07, 6.45) is 2.06. The van der Waals surface area contributed by atoms with Crippen LogP contribution in [0.3, 0.4) is 0 Å². The Morgan fingerprint density at radius 1 is 1.08 bits per heavy atom. The minimum Gasteiger partial charge on any atom is -0.494 e. The molecule has 0 aromatic heterocycles. The molecule has 0 unspecified atom stereocenters. The van der Waals surface area contributed by atoms with Crippen LogP contribution in [0.15, 0.2) is 48.5 Å². The number of ether oxygens (including phenoxy) is 1. The summed E-state index contributed by atoms with van der Waals surface area (Å²) in [6.45, 7) is 3.09. The summed E-state index contributed by atoms with van der Waals surface area (Å²) in [5.74, 6) is -0.0185. The number of carboxylic acid groups (broad SMARTS) is 1. The number of hydrogen-bond acceptors (Lipinski definition) is 3. The molecule has 0 heterocycles. The van der Waals surface area contributed by atoms with E-state index in [4.69, 9.17) is 9.84 Å². The lowest BCUT2D eigenvalue weighted by Crippen LogP contribution is -2.26. The molecule has 5 heteroatoms. The van der Waals surface area contributed by atoms with Crippen LogP contribution in [-0.4, -0.2) is 35.5 Å². The average molecular weight is 355 g/mol. The highest BCUT2D eigenvalue weighted by Crippen LogP contribution is 2.13. The number of aryl methyl sites for hydroxylation is 1. The van der Waals surface area contributed by atoms with Gasteiger partial charge in [-0.15, -0.1) is 0 Å². The van der Waals surface area contributed by atoms with Crippen LogP contribution >= 0.6 is 0 Å². The second-order valence-corrected chi connectivity index (χ2v) is 6.37. The first-order chi connectivity index (χ1) is 12.5. The van der Waals surface area contributed by atoms with Crippen molar-refractivity contribution in [1.29, 1.82) is 0 Å². The zero-order valence-electron chi connectivity index (χ0n) is 15.3. The molecule has 0 aliphatic heterocycles. The Kier molecular flexibility index (Phi) is 7.21. The first-order valence-electron chi connectivity index (χ1n) is 8.71. The maximum atomic E-state index is 12.2. The Morgan fingerprint density at radius 2 is 1.81 bits per heavy atom. The number of rotatable bonds is 9. The smallest absolute Gasteiger partial charge is 0.335 e. The molecule has 26 heavy (non-hydrogen) atoms. The van der Waals surface area contributed by atoms with Gasteiger partial charge in [0.25, 0.3) is 0 Å². The summed E-state index contributed by atoms with van der Waals surface area (Å²) in [4.78, 5) is 24.7. The summed E-state index contributed by atoms with van der Waals surface area (Å²) in [6, 6.07) is 14.5. The van der Waals surface area contributed by atoms with Crippen molar-refractivity contribution in [3.8, 4) is 5.75 Å². The molecule has 2 aromatic rings. The highest BCUT2D eigenvalue weighted by atomic mass is 16.5. The van der Waals surface area contributed by atoms with Crippen LogP contribution in [-0.2, 0) is 11.3 Å². The number of carbonyl (C=O) groups excluding carboxylic acids is 1. The van der Waals surface area contributed by atoms with Crippen molar-refractivity contribution in [2.45, 2.75) is 32.7 Å².